The van der Waals surface area contributed by atoms with Crippen LogP contribution in [0.25, 0.3) is 10.9 Å². The Labute approximate surface area is 125 Å². The summed E-state index contributed by atoms with van der Waals surface area (Å²) in [7, 11) is 0. The van der Waals surface area contributed by atoms with Gasteiger partial charge in [-0.05, 0) is 26.0 Å². The second kappa shape index (κ2) is 6.00. The predicted molar refractivity (Wildman–Crippen MR) is 83.3 cm³/mol. The summed E-state index contributed by atoms with van der Waals surface area (Å²) in [6.07, 6.45) is 2.37. The molecule has 1 aliphatic heterocycles. The SMILES string of the molecule is CC1CC(Oc2nc3ccccc3cc2CN)CC(C)O1. The molecule has 4 heteroatoms. The van der Waals surface area contributed by atoms with E-state index in [1.807, 2.05) is 24.3 Å². The summed E-state index contributed by atoms with van der Waals surface area (Å²) in [5, 5.41) is 1.10. The number of nitrogens with zero attached hydrogens (tertiary/aromatic N) is 1. The number of pyridine rings is 1. The van der Waals surface area contributed by atoms with E-state index in [1.165, 1.54) is 0 Å². The molecular weight excluding hydrogens is 264 g/mol. The summed E-state index contributed by atoms with van der Waals surface area (Å²) < 4.78 is 11.9. The van der Waals surface area contributed by atoms with Gasteiger partial charge in [-0.15, -0.1) is 0 Å². The standard InChI is InChI=1S/C17H22N2O2/c1-11-7-15(8-12(2)20-11)21-17-14(10-18)9-13-5-3-4-6-16(13)19-17/h3-6,9,11-12,15H,7-8,10,18H2,1-2H3. The Morgan fingerprint density at radius 1 is 1.24 bits per heavy atom. The van der Waals surface area contributed by atoms with Crippen LogP contribution in [0.5, 0.6) is 5.88 Å². The average Bonchev–Trinajstić information content (AvgIpc) is 2.45. The van der Waals surface area contributed by atoms with E-state index in [9.17, 15) is 0 Å². The van der Waals surface area contributed by atoms with Gasteiger partial charge in [0.2, 0.25) is 5.88 Å². The summed E-state index contributed by atoms with van der Waals surface area (Å²) in [6.45, 7) is 4.61. The molecule has 0 bridgehead atoms. The van der Waals surface area contributed by atoms with E-state index in [0.29, 0.717) is 12.4 Å². The summed E-state index contributed by atoms with van der Waals surface area (Å²) in [5.74, 6) is 0.669. The van der Waals surface area contributed by atoms with E-state index in [2.05, 4.69) is 24.9 Å². The summed E-state index contributed by atoms with van der Waals surface area (Å²) >= 11 is 0. The van der Waals surface area contributed by atoms with E-state index in [4.69, 9.17) is 15.2 Å². The first-order valence-electron chi connectivity index (χ1n) is 7.56. The maximum atomic E-state index is 6.16. The van der Waals surface area contributed by atoms with Gasteiger partial charge in [-0.2, -0.15) is 0 Å². The number of nitrogens with two attached hydrogens (primary N) is 1. The Morgan fingerprint density at radius 2 is 1.95 bits per heavy atom. The second-order valence-corrected chi connectivity index (χ2v) is 5.82. The Hall–Kier alpha value is -1.65. The normalized spacial score (nSPS) is 26.0. The van der Waals surface area contributed by atoms with Gasteiger partial charge < -0.3 is 15.2 Å². The minimum absolute atomic E-state index is 0.141. The molecule has 1 fully saturated rings. The maximum absolute atomic E-state index is 6.16. The summed E-state index contributed by atoms with van der Waals surface area (Å²) in [4.78, 5) is 4.65. The molecule has 21 heavy (non-hydrogen) atoms. The Kier molecular flexibility index (Phi) is 4.08. The van der Waals surface area contributed by atoms with Gasteiger partial charge in [0.1, 0.15) is 6.10 Å². The van der Waals surface area contributed by atoms with Crippen LogP contribution in [0.4, 0.5) is 0 Å². The van der Waals surface area contributed by atoms with Crippen molar-refractivity contribution in [1.29, 1.82) is 0 Å². The van der Waals surface area contributed by atoms with Crippen LogP contribution in [0, 0.1) is 0 Å². The summed E-state index contributed by atoms with van der Waals surface area (Å²) in [6, 6.07) is 10.1. The van der Waals surface area contributed by atoms with Crippen molar-refractivity contribution in [2.24, 2.45) is 5.73 Å². The lowest BCUT2D eigenvalue weighted by atomic mass is 10.0. The number of hydrogen-bond acceptors (Lipinski definition) is 4. The molecule has 2 aromatic rings. The third-order valence-corrected chi connectivity index (χ3v) is 3.92. The molecule has 112 valence electrons. The Bertz CT molecular complexity index is 619. The first kappa shape index (κ1) is 14.3. The van der Waals surface area contributed by atoms with Crippen LogP contribution in [-0.2, 0) is 11.3 Å². The molecule has 0 amide bonds. The third kappa shape index (κ3) is 3.17. The van der Waals surface area contributed by atoms with Gasteiger partial charge in [-0.3, -0.25) is 0 Å². The van der Waals surface area contributed by atoms with Gasteiger partial charge in [-0.1, -0.05) is 18.2 Å². The minimum Gasteiger partial charge on any atom is -0.474 e. The van der Waals surface area contributed by atoms with Crippen molar-refractivity contribution in [3.63, 3.8) is 0 Å². The van der Waals surface area contributed by atoms with E-state index in [1.54, 1.807) is 0 Å². The Balaban J connectivity index is 1.88. The van der Waals surface area contributed by atoms with Crippen LogP contribution in [0.15, 0.2) is 30.3 Å². The maximum Gasteiger partial charge on any atom is 0.218 e. The molecule has 2 N–H and O–H groups in total. The van der Waals surface area contributed by atoms with Crippen LogP contribution in [-0.4, -0.2) is 23.3 Å². The first-order chi connectivity index (χ1) is 10.2. The van der Waals surface area contributed by atoms with Gasteiger partial charge in [0.25, 0.3) is 0 Å². The highest BCUT2D eigenvalue weighted by Crippen LogP contribution is 2.27. The molecule has 3 rings (SSSR count). The van der Waals surface area contributed by atoms with Crippen LogP contribution < -0.4 is 10.5 Å². The van der Waals surface area contributed by atoms with Crippen molar-refractivity contribution < 1.29 is 9.47 Å². The second-order valence-electron chi connectivity index (χ2n) is 5.82. The molecule has 2 unspecified atom stereocenters. The zero-order valence-corrected chi connectivity index (χ0v) is 12.6. The Morgan fingerprint density at radius 3 is 2.67 bits per heavy atom. The van der Waals surface area contributed by atoms with Gasteiger partial charge in [0.05, 0.1) is 17.7 Å². The van der Waals surface area contributed by atoms with Crippen molar-refractivity contribution in [3.8, 4) is 5.88 Å². The zero-order valence-electron chi connectivity index (χ0n) is 12.6. The fraction of sp³-hybridized carbons (Fsp3) is 0.471. The molecule has 0 radical (unpaired) electrons. The summed E-state index contributed by atoms with van der Waals surface area (Å²) in [5.41, 5.74) is 7.76. The molecule has 1 saturated heterocycles. The van der Waals surface area contributed by atoms with Crippen molar-refractivity contribution in [2.75, 3.05) is 0 Å². The lowest BCUT2D eigenvalue weighted by molar-refractivity contribution is -0.0730. The van der Waals surface area contributed by atoms with Crippen LogP contribution >= 0.6 is 0 Å². The molecule has 0 saturated carbocycles. The van der Waals surface area contributed by atoms with Crippen LogP contribution in [0.1, 0.15) is 32.3 Å². The minimum atomic E-state index is 0.141. The van der Waals surface area contributed by atoms with Crippen molar-refractivity contribution in [3.05, 3.63) is 35.9 Å². The number of rotatable bonds is 3. The molecule has 2 atom stereocenters. The molecule has 1 aromatic heterocycles. The molecule has 1 aliphatic rings. The molecule has 2 heterocycles. The van der Waals surface area contributed by atoms with Gasteiger partial charge in [0.15, 0.2) is 0 Å². The van der Waals surface area contributed by atoms with E-state index < -0.39 is 0 Å². The highest BCUT2D eigenvalue weighted by atomic mass is 16.5. The van der Waals surface area contributed by atoms with Gasteiger partial charge >= 0.3 is 0 Å². The number of fused-ring (bicyclic) bond motifs is 1. The smallest absolute Gasteiger partial charge is 0.218 e. The molecule has 4 nitrogen and oxygen atoms in total. The lowest BCUT2D eigenvalue weighted by Gasteiger charge is -2.32. The zero-order chi connectivity index (χ0) is 14.8. The van der Waals surface area contributed by atoms with Crippen molar-refractivity contribution >= 4 is 10.9 Å². The molecule has 0 spiro atoms. The van der Waals surface area contributed by atoms with E-state index in [0.717, 1.165) is 29.3 Å². The molecular formula is C17H22N2O2. The van der Waals surface area contributed by atoms with E-state index >= 15 is 0 Å². The van der Waals surface area contributed by atoms with Crippen molar-refractivity contribution in [2.45, 2.75) is 51.5 Å². The first-order valence-corrected chi connectivity index (χ1v) is 7.56. The number of para-hydroxylation sites is 1. The van der Waals surface area contributed by atoms with Crippen LogP contribution in [0.2, 0.25) is 0 Å². The number of ether oxygens (including phenoxy) is 2. The number of aromatic nitrogens is 1. The topological polar surface area (TPSA) is 57.4 Å². The van der Waals surface area contributed by atoms with E-state index in [-0.39, 0.29) is 18.3 Å². The van der Waals surface area contributed by atoms with Gasteiger partial charge in [-0.25, -0.2) is 4.98 Å². The quantitative estimate of drug-likeness (QED) is 0.942. The lowest BCUT2D eigenvalue weighted by Crippen LogP contribution is -2.36. The molecule has 0 aliphatic carbocycles. The monoisotopic (exact) mass is 286 g/mol. The highest BCUT2D eigenvalue weighted by molar-refractivity contribution is 5.80. The highest BCUT2D eigenvalue weighted by Gasteiger charge is 2.26. The number of benzene rings is 1. The van der Waals surface area contributed by atoms with Gasteiger partial charge in [0, 0.05) is 30.3 Å². The fourth-order valence-electron chi connectivity index (χ4n) is 2.99. The fourth-order valence-corrected chi connectivity index (χ4v) is 2.99. The largest absolute Gasteiger partial charge is 0.474 e. The number of hydrogen-bond donors (Lipinski definition) is 1. The molecule has 1 aromatic carbocycles. The predicted octanol–water partition coefficient (Wildman–Crippen LogP) is 3.03. The third-order valence-electron chi connectivity index (χ3n) is 3.92. The van der Waals surface area contributed by atoms with Crippen LogP contribution in [0.3, 0.4) is 0 Å². The van der Waals surface area contributed by atoms with Crippen molar-refractivity contribution in [1.82, 2.24) is 4.98 Å². The average molecular weight is 286 g/mol.